The Morgan fingerprint density at radius 2 is 1.76 bits per heavy atom. The molecule has 0 unspecified atom stereocenters. The van der Waals surface area contributed by atoms with Crippen LogP contribution in [0.3, 0.4) is 0 Å². The average Bonchev–Trinajstić information content (AvgIpc) is 2.79. The summed E-state index contributed by atoms with van der Waals surface area (Å²) in [7, 11) is -0.939. The Balaban J connectivity index is 2.43. The summed E-state index contributed by atoms with van der Waals surface area (Å²) >= 11 is 3.41. The quantitative estimate of drug-likeness (QED) is 0.457. The van der Waals surface area contributed by atoms with Gasteiger partial charge in [-0.2, -0.15) is 0 Å². The molecule has 0 saturated carbocycles. The number of benzene rings is 2. The van der Waals surface area contributed by atoms with Crippen LogP contribution in [-0.2, 0) is 26.2 Å². The molecule has 0 bridgehead atoms. The summed E-state index contributed by atoms with van der Waals surface area (Å²) in [6.45, 7) is 3.44. The van der Waals surface area contributed by atoms with Crippen molar-refractivity contribution >= 4 is 43.5 Å². The minimum absolute atomic E-state index is 0.125. The second kappa shape index (κ2) is 12.1. The number of methoxy groups -OCH3 is 2. The van der Waals surface area contributed by atoms with Gasteiger partial charge in [-0.3, -0.25) is 13.9 Å². The van der Waals surface area contributed by atoms with Crippen molar-refractivity contribution in [1.29, 1.82) is 0 Å². The fourth-order valence-corrected chi connectivity index (χ4v) is 4.62. The second-order valence-corrected chi connectivity index (χ2v) is 10.4. The van der Waals surface area contributed by atoms with E-state index in [1.165, 1.54) is 31.3 Å². The van der Waals surface area contributed by atoms with E-state index in [1.54, 1.807) is 19.9 Å². The topological polar surface area (TPSA) is 105 Å². The number of carbonyl (C=O) groups excluding carboxylic acids is 2. The van der Waals surface area contributed by atoms with E-state index in [0.29, 0.717) is 18.0 Å². The van der Waals surface area contributed by atoms with Crippen LogP contribution in [0.2, 0.25) is 0 Å². The summed E-state index contributed by atoms with van der Waals surface area (Å²) in [6.07, 6.45) is 1.02. The summed E-state index contributed by atoms with van der Waals surface area (Å²) in [5.74, 6) is -0.114. The molecule has 2 amide bonds. The summed E-state index contributed by atoms with van der Waals surface area (Å²) in [5, 5.41) is 2.72. The van der Waals surface area contributed by atoms with Crippen LogP contribution in [-0.4, -0.2) is 64.7 Å². The first-order valence-corrected chi connectivity index (χ1v) is 13.2. The van der Waals surface area contributed by atoms with Crippen molar-refractivity contribution in [2.75, 3.05) is 37.9 Å². The number of nitrogens with one attached hydrogen (secondary N) is 1. The third kappa shape index (κ3) is 7.10. The van der Waals surface area contributed by atoms with Crippen molar-refractivity contribution in [2.45, 2.75) is 26.4 Å². The van der Waals surface area contributed by atoms with Gasteiger partial charge in [0.1, 0.15) is 12.6 Å². The van der Waals surface area contributed by atoms with E-state index in [2.05, 4.69) is 21.2 Å². The lowest BCUT2D eigenvalue weighted by molar-refractivity contribution is -0.139. The highest BCUT2D eigenvalue weighted by Gasteiger charge is 2.30. The van der Waals surface area contributed by atoms with Crippen LogP contribution in [0.4, 0.5) is 5.69 Å². The number of ether oxygens (including phenoxy) is 2. The molecule has 2 aromatic carbocycles. The van der Waals surface area contributed by atoms with E-state index in [-0.39, 0.29) is 18.1 Å². The molecule has 0 heterocycles. The zero-order valence-corrected chi connectivity index (χ0v) is 22.3. The van der Waals surface area contributed by atoms with Crippen molar-refractivity contribution in [3.05, 3.63) is 52.5 Å². The molecule has 2 rings (SSSR count). The van der Waals surface area contributed by atoms with E-state index < -0.39 is 28.5 Å². The lowest BCUT2D eigenvalue weighted by atomic mass is 10.1. The van der Waals surface area contributed by atoms with E-state index in [0.717, 1.165) is 20.6 Å². The lowest BCUT2D eigenvalue weighted by Gasteiger charge is -2.31. The Bertz CT molecular complexity index is 1130. The zero-order valence-electron chi connectivity index (χ0n) is 19.9. The van der Waals surface area contributed by atoms with Crippen LogP contribution < -0.4 is 19.1 Å². The summed E-state index contributed by atoms with van der Waals surface area (Å²) in [4.78, 5) is 27.4. The van der Waals surface area contributed by atoms with Gasteiger partial charge in [0, 0.05) is 23.6 Å². The molecular formula is C23H30BrN3O6S. The van der Waals surface area contributed by atoms with Crippen molar-refractivity contribution in [3.8, 4) is 11.5 Å². The molecular weight excluding hydrogens is 526 g/mol. The summed E-state index contributed by atoms with van der Waals surface area (Å²) < 4.78 is 37.6. The van der Waals surface area contributed by atoms with Crippen molar-refractivity contribution in [1.82, 2.24) is 10.2 Å². The molecule has 9 nitrogen and oxygen atoms in total. The standard InChI is InChI=1S/C23H30BrN3O6S/c1-6-25-23(29)16(2)26(14-17-8-7-9-18(24)12-17)22(28)15-27(34(5,30)31)19-10-11-20(32-3)21(13-19)33-4/h7-13,16H,6,14-15H2,1-5H3,(H,25,29)/t16-/m1/s1. The van der Waals surface area contributed by atoms with Gasteiger partial charge in [0.15, 0.2) is 11.5 Å². The fraction of sp³-hybridized carbons (Fsp3) is 0.391. The smallest absolute Gasteiger partial charge is 0.244 e. The minimum atomic E-state index is -3.85. The van der Waals surface area contributed by atoms with E-state index >= 15 is 0 Å². The molecule has 1 atom stereocenters. The number of sulfonamides is 1. The molecule has 186 valence electrons. The first kappa shape index (κ1) is 27.5. The third-order valence-electron chi connectivity index (χ3n) is 5.09. The zero-order chi connectivity index (χ0) is 25.5. The van der Waals surface area contributed by atoms with Crippen molar-refractivity contribution in [2.24, 2.45) is 0 Å². The molecule has 0 saturated heterocycles. The first-order valence-electron chi connectivity index (χ1n) is 10.5. The van der Waals surface area contributed by atoms with Crippen LogP contribution in [0.1, 0.15) is 19.4 Å². The molecule has 34 heavy (non-hydrogen) atoms. The first-order chi connectivity index (χ1) is 16.0. The molecule has 0 aliphatic carbocycles. The van der Waals surface area contributed by atoms with Crippen LogP contribution in [0.25, 0.3) is 0 Å². The highest BCUT2D eigenvalue weighted by molar-refractivity contribution is 9.10. The lowest BCUT2D eigenvalue weighted by Crippen LogP contribution is -2.51. The number of carbonyl (C=O) groups is 2. The number of anilines is 1. The predicted molar refractivity (Wildman–Crippen MR) is 135 cm³/mol. The molecule has 0 aliphatic rings. The number of rotatable bonds is 11. The van der Waals surface area contributed by atoms with Gasteiger partial charge < -0.3 is 19.7 Å². The molecule has 0 aliphatic heterocycles. The average molecular weight is 556 g/mol. The van der Waals surface area contributed by atoms with Crippen molar-refractivity contribution in [3.63, 3.8) is 0 Å². The molecule has 2 aromatic rings. The fourth-order valence-electron chi connectivity index (χ4n) is 3.33. The molecule has 0 fully saturated rings. The number of hydrogen-bond donors (Lipinski definition) is 1. The van der Waals surface area contributed by atoms with Gasteiger partial charge in [0.2, 0.25) is 21.8 Å². The van der Waals surface area contributed by atoms with E-state index in [4.69, 9.17) is 9.47 Å². The van der Waals surface area contributed by atoms with Gasteiger partial charge in [-0.05, 0) is 43.7 Å². The van der Waals surface area contributed by atoms with Gasteiger partial charge in [-0.1, -0.05) is 28.1 Å². The molecule has 0 spiro atoms. The highest BCUT2D eigenvalue weighted by atomic mass is 79.9. The predicted octanol–water partition coefficient (Wildman–Crippen LogP) is 2.79. The van der Waals surface area contributed by atoms with E-state index in [1.807, 2.05) is 24.3 Å². The minimum Gasteiger partial charge on any atom is -0.493 e. The van der Waals surface area contributed by atoms with Crippen LogP contribution in [0, 0.1) is 0 Å². The maximum atomic E-state index is 13.5. The summed E-state index contributed by atoms with van der Waals surface area (Å²) in [6, 6.07) is 11.1. The highest BCUT2D eigenvalue weighted by Crippen LogP contribution is 2.32. The van der Waals surface area contributed by atoms with Gasteiger partial charge in [0.05, 0.1) is 26.2 Å². The van der Waals surface area contributed by atoms with Gasteiger partial charge in [-0.15, -0.1) is 0 Å². The Labute approximate surface area is 209 Å². The Hall–Kier alpha value is -2.79. The number of amides is 2. The number of halogens is 1. The maximum absolute atomic E-state index is 13.5. The molecule has 0 aromatic heterocycles. The molecule has 11 heteroatoms. The van der Waals surface area contributed by atoms with Crippen LogP contribution in [0.5, 0.6) is 11.5 Å². The molecule has 1 N–H and O–H groups in total. The SMILES string of the molecule is CCNC(=O)[C@@H](C)N(Cc1cccc(Br)c1)C(=O)CN(c1ccc(OC)c(OC)c1)S(C)(=O)=O. The maximum Gasteiger partial charge on any atom is 0.244 e. The number of likely N-dealkylation sites (N-methyl/N-ethyl adjacent to an activating group) is 1. The van der Waals surface area contributed by atoms with Gasteiger partial charge >= 0.3 is 0 Å². The Kier molecular flexibility index (Phi) is 9.75. The van der Waals surface area contributed by atoms with Gasteiger partial charge in [0.25, 0.3) is 0 Å². The van der Waals surface area contributed by atoms with Gasteiger partial charge in [-0.25, -0.2) is 8.42 Å². The third-order valence-corrected chi connectivity index (χ3v) is 6.73. The van der Waals surface area contributed by atoms with Crippen LogP contribution >= 0.6 is 15.9 Å². The summed E-state index contributed by atoms with van der Waals surface area (Å²) in [5.41, 5.74) is 1.03. The van der Waals surface area contributed by atoms with Crippen molar-refractivity contribution < 1.29 is 27.5 Å². The largest absolute Gasteiger partial charge is 0.493 e. The number of hydrogen-bond acceptors (Lipinski definition) is 6. The molecule has 0 radical (unpaired) electrons. The normalized spacial score (nSPS) is 11.9. The number of nitrogens with zero attached hydrogens (tertiary/aromatic N) is 2. The Morgan fingerprint density at radius 3 is 2.32 bits per heavy atom. The Morgan fingerprint density at radius 1 is 1.09 bits per heavy atom. The van der Waals surface area contributed by atoms with Crippen LogP contribution in [0.15, 0.2) is 46.9 Å². The monoisotopic (exact) mass is 555 g/mol. The van der Waals surface area contributed by atoms with E-state index in [9.17, 15) is 18.0 Å². The second-order valence-electron chi connectivity index (χ2n) is 7.53.